The van der Waals surface area contributed by atoms with E-state index in [9.17, 15) is 0 Å². The third-order valence-electron chi connectivity index (χ3n) is 4.33. The van der Waals surface area contributed by atoms with E-state index in [4.69, 9.17) is 0 Å². The predicted molar refractivity (Wildman–Crippen MR) is 82.4 cm³/mol. The summed E-state index contributed by atoms with van der Waals surface area (Å²) >= 11 is 0. The third-order valence-corrected chi connectivity index (χ3v) is 4.33. The normalized spacial score (nSPS) is 17.8. The van der Waals surface area contributed by atoms with Gasteiger partial charge in [-0.05, 0) is 69.4 Å². The number of aryl methyl sites for hydroxylation is 1. The van der Waals surface area contributed by atoms with Gasteiger partial charge in [-0.15, -0.1) is 0 Å². The van der Waals surface area contributed by atoms with Crippen LogP contribution < -0.4 is 5.32 Å². The number of likely N-dealkylation sites (tertiary alicyclic amines) is 1. The molecule has 0 spiro atoms. The molecule has 1 aliphatic rings. The van der Waals surface area contributed by atoms with Gasteiger partial charge in [0.05, 0.1) is 0 Å². The molecule has 1 aromatic carbocycles. The Balaban J connectivity index is 1.61. The van der Waals surface area contributed by atoms with Crippen molar-refractivity contribution in [3.05, 3.63) is 35.4 Å². The van der Waals surface area contributed by atoms with Crippen molar-refractivity contribution in [2.45, 2.75) is 39.2 Å². The van der Waals surface area contributed by atoms with Crippen LogP contribution in [0.5, 0.6) is 0 Å². The van der Waals surface area contributed by atoms with E-state index >= 15 is 0 Å². The van der Waals surface area contributed by atoms with Gasteiger partial charge in [0.15, 0.2) is 0 Å². The predicted octanol–water partition coefficient (Wildman–Crippen LogP) is 3.07. The molecule has 0 radical (unpaired) electrons. The number of nitrogens with zero attached hydrogens (tertiary/aromatic N) is 1. The van der Waals surface area contributed by atoms with Crippen LogP contribution in [-0.4, -0.2) is 31.6 Å². The maximum Gasteiger partial charge on any atom is 0.0205 e. The van der Waals surface area contributed by atoms with E-state index in [2.05, 4.69) is 48.5 Å². The highest BCUT2D eigenvalue weighted by molar-refractivity contribution is 5.22. The van der Waals surface area contributed by atoms with Crippen LogP contribution in [0.4, 0.5) is 0 Å². The Kier molecular flexibility index (Phi) is 5.87. The van der Waals surface area contributed by atoms with E-state index in [1.165, 1.54) is 43.5 Å². The van der Waals surface area contributed by atoms with Crippen LogP contribution in [0.25, 0.3) is 0 Å². The molecular formula is C17H28N2. The fraction of sp³-hybridized carbons (Fsp3) is 0.647. The Bertz CT molecular complexity index is 350. The molecule has 1 aliphatic heterocycles. The van der Waals surface area contributed by atoms with Crippen LogP contribution in [0.2, 0.25) is 0 Å². The van der Waals surface area contributed by atoms with Gasteiger partial charge >= 0.3 is 0 Å². The average Bonchev–Trinajstić information content (AvgIpc) is 2.46. The standard InChI is InChI=1S/C17H28N2/c1-3-15-4-6-17(7-5-15)14-18-11-8-16-9-12-19(2)13-10-16/h4-7,16,18H,3,8-14H2,1-2H3. The molecule has 0 atom stereocenters. The van der Waals surface area contributed by atoms with Crippen molar-refractivity contribution in [2.24, 2.45) is 5.92 Å². The fourth-order valence-electron chi connectivity index (χ4n) is 2.78. The maximum atomic E-state index is 3.58. The summed E-state index contributed by atoms with van der Waals surface area (Å²) in [6.45, 7) is 6.93. The SMILES string of the molecule is CCc1ccc(CNCCC2CCN(C)CC2)cc1. The van der Waals surface area contributed by atoms with Gasteiger partial charge in [-0.1, -0.05) is 31.2 Å². The largest absolute Gasteiger partial charge is 0.313 e. The Labute approximate surface area is 118 Å². The Morgan fingerprint density at radius 3 is 2.37 bits per heavy atom. The summed E-state index contributed by atoms with van der Waals surface area (Å²) in [5, 5.41) is 3.58. The fourth-order valence-corrected chi connectivity index (χ4v) is 2.78. The van der Waals surface area contributed by atoms with Crippen LogP contribution in [-0.2, 0) is 13.0 Å². The van der Waals surface area contributed by atoms with Gasteiger partial charge in [-0.25, -0.2) is 0 Å². The van der Waals surface area contributed by atoms with E-state index < -0.39 is 0 Å². The van der Waals surface area contributed by atoms with Gasteiger partial charge in [0.2, 0.25) is 0 Å². The Morgan fingerprint density at radius 1 is 1.11 bits per heavy atom. The van der Waals surface area contributed by atoms with E-state index in [0.29, 0.717) is 0 Å². The van der Waals surface area contributed by atoms with Gasteiger partial charge in [0.25, 0.3) is 0 Å². The third kappa shape index (κ3) is 4.96. The first-order valence-electron chi connectivity index (χ1n) is 7.75. The van der Waals surface area contributed by atoms with E-state index in [-0.39, 0.29) is 0 Å². The Hall–Kier alpha value is -0.860. The van der Waals surface area contributed by atoms with Crippen molar-refractivity contribution in [2.75, 3.05) is 26.7 Å². The molecule has 0 bridgehead atoms. The summed E-state index contributed by atoms with van der Waals surface area (Å²) in [6.07, 6.45) is 5.22. The van der Waals surface area contributed by atoms with E-state index in [1.54, 1.807) is 0 Å². The number of piperidine rings is 1. The van der Waals surface area contributed by atoms with E-state index in [0.717, 1.165) is 25.4 Å². The summed E-state index contributed by atoms with van der Waals surface area (Å²) in [7, 11) is 2.23. The van der Waals surface area contributed by atoms with Crippen LogP contribution in [0.3, 0.4) is 0 Å². The highest BCUT2D eigenvalue weighted by Crippen LogP contribution is 2.18. The summed E-state index contributed by atoms with van der Waals surface area (Å²) in [4.78, 5) is 2.44. The van der Waals surface area contributed by atoms with Crippen molar-refractivity contribution in [3.8, 4) is 0 Å². The molecule has 1 saturated heterocycles. The molecule has 2 nitrogen and oxygen atoms in total. The summed E-state index contributed by atoms with van der Waals surface area (Å²) < 4.78 is 0. The van der Waals surface area contributed by atoms with Crippen molar-refractivity contribution in [1.29, 1.82) is 0 Å². The molecular weight excluding hydrogens is 232 g/mol. The van der Waals surface area contributed by atoms with Crippen molar-refractivity contribution < 1.29 is 0 Å². The van der Waals surface area contributed by atoms with Crippen LogP contribution in [0.15, 0.2) is 24.3 Å². The number of benzene rings is 1. The average molecular weight is 260 g/mol. The quantitative estimate of drug-likeness (QED) is 0.791. The highest BCUT2D eigenvalue weighted by Gasteiger charge is 2.15. The van der Waals surface area contributed by atoms with Crippen molar-refractivity contribution >= 4 is 0 Å². The molecule has 0 unspecified atom stereocenters. The zero-order valence-electron chi connectivity index (χ0n) is 12.5. The van der Waals surface area contributed by atoms with Crippen molar-refractivity contribution in [1.82, 2.24) is 10.2 Å². The lowest BCUT2D eigenvalue weighted by atomic mass is 9.94. The van der Waals surface area contributed by atoms with Crippen molar-refractivity contribution in [3.63, 3.8) is 0 Å². The molecule has 19 heavy (non-hydrogen) atoms. The maximum absolute atomic E-state index is 3.58. The molecule has 1 heterocycles. The van der Waals surface area contributed by atoms with Gasteiger partial charge in [-0.3, -0.25) is 0 Å². The zero-order chi connectivity index (χ0) is 13.5. The monoisotopic (exact) mass is 260 g/mol. The smallest absolute Gasteiger partial charge is 0.0205 e. The topological polar surface area (TPSA) is 15.3 Å². The van der Waals surface area contributed by atoms with Crippen LogP contribution in [0, 0.1) is 5.92 Å². The molecule has 0 aliphatic carbocycles. The molecule has 1 fully saturated rings. The lowest BCUT2D eigenvalue weighted by Gasteiger charge is -2.28. The second kappa shape index (κ2) is 7.66. The number of hydrogen-bond acceptors (Lipinski definition) is 2. The van der Waals surface area contributed by atoms with E-state index in [1.807, 2.05) is 0 Å². The minimum atomic E-state index is 0.936. The summed E-state index contributed by atoms with van der Waals surface area (Å²) in [5.41, 5.74) is 2.83. The molecule has 1 aromatic rings. The molecule has 0 aromatic heterocycles. The van der Waals surface area contributed by atoms with Crippen LogP contribution in [0.1, 0.15) is 37.3 Å². The number of nitrogens with one attached hydrogen (secondary N) is 1. The highest BCUT2D eigenvalue weighted by atomic mass is 15.1. The summed E-state index contributed by atoms with van der Waals surface area (Å²) in [6, 6.07) is 8.99. The Morgan fingerprint density at radius 2 is 1.74 bits per heavy atom. The number of hydrogen-bond donors (Lipinski definition) is 1. The second-order valence-corrected chi connectivity index (χ2v) is 5.88. The lowest BCUT2D eigenvalue weighted by molar-refractivity contribution is 0.211. The first-order chi connectivity index (χ1) is 9.28. The second-order valence-electron chi connectivity index (χ2n) is 5.88. The van der Waals surface area contributed by atoms with Gasteiger partial charge in [0, 0.05) is 6.54 Å². The van der Waals surface area contributed by atoms with Crippen LogP contribution >= 0.6 is 0 Å². The minimum absolute atomic E-state index is 0.936. The molecule has 0 saturated carbocycles. The zero-order valence-corrected chi connectivity index (χ0v) is 12.5. The van der Waals surface area contributed by atoms with Gasteiger partial charge in [0.1, 0.15) is 0 Å². The molecule has 2 heteroatoms. The summed E-state index contributed by atoms with van der Waals surface area (Å²) in [5.74, 6) is 0.936. The molecule has 1 N–H and O–H groups in total. The molecule has 0 amide bonds. The van der Waals surface area contributed by atoms with Gasteiger partial charge in [-0.2, -0.15) is 0 Å². The first-order valence-corrected chi connectivity index (χ1v) is 7.75. The molecule has 106 valence electrons. The minimum Gasteiger partial charge on any atom is -0.313 e. The lowest BCUT2D eigenvalue weighted by Crippen LogP contribution is -2.31. The first kappa shape index (κ1) is 14.5. The molecule has 2 rings (SSSR count). The van der Waals surface area contributed by atoms with Gasteiger partial charge < -0.3 is 10.2 Å². The number of rotatable bonds is 6.